The van der Waals surface area contributed by atoms with Crippen LogP contribution < -0.4 is 10.3 Å². The number of ether oxygens (including phenoxy) is 1. The van der Waals surface area contributed by atoms with E-state index in [1.54, 1.807) is 43.3 Å². The lowest BCUT2D eigenvalue weighted by atomic mass is 9.99. The van der Waals surface area contributed by atoms with Gasteiger partial charge in [0.2, 0.25) is 0 Å². The van der Waals surface area contributed by atoms with Gasteiger partial charge in [-0.3, -0.25) is 14.3 Å². The fraction of sp³-hybridized carbons (Fsp3) is 0.250. The Morgan fingerprint density at radius 2 is 1.83 bits per heavy atom. The van der Waals surface area contributed by atoms with Gasteiger partial charge in [0.25, 0.3) is 5.56 Å². The summed E-state index contributed by atoms with van der Waals surface area (Å²) in [6.45, 7) is 0.571. The topological polar surface area (TPSA) is 96.8 Å². The predicted molar refractivity (Wildman–Crippen MR) is 151 cm³/mol. The van der Waals surface area contributed by atoms with E-state index in [0.717, 1.165) is 4.68 Å². The zero-order chi connectivity index (χ0) is 30.2. The number of methoxy groups -OCH3 is 1. The zero-order valence-electron chi connectivity index (χ0n) is 22.3. The summed E-state index contributed by atoms with van der Waals surface area (Å²) in [4.78, 5) is 26.9. The molecule has 1 unspecified atom stereocenters. The van der Waals surface area contributed by atoms with Crippen molar-refractivity contribution in [2.24, 2.45) is 0 Å². The minimum Gasteiger partial charge on any atom is -0.495 e. The van der Waals surface area contributed by atoms with Gasteiger partial charge in [-0.1, -0.05) is 41.4 Å². The fourth-order valence-electron chi connectivity index (χ4n) is 4.83. The minimum absolute atomic E-state index is 0.0408. The van der Waals surface area contributed by atoms with Crippen molar-refractivity contribution in [2.45, 2.75) is 38.5 Å². The van der Waals surface area contributed by atoms with Gasteiger partial charge in [-0.2, -0.15) is 18.3 Å². The standard InChI is InChI=1S/C28H23Cl2F3N6O3/c1-3-22(24(40)9-16-4-6-21-17(8-16)12-37(35-21)15-28(31,32)33)38-13-25(42-2)20(11-27(38)41)19-10-18(29)5-7-23(19)39-14-26(30)34-36-39/h4-8,10-14,22H,3,9,15H2,1-2H3. The van der Waals surface area contributed by atoms with E-state index in [0.29, 0.717) is 50.5 Å². The van der Waals surface area contributed by atoms with Gasteiger partial charge < -0.3 is 9.30 Å². The third kappa shape index (κ3) is 6.19. The lowest BCUT2D eigenvalue weighted by Gasteiger charge is -2.20. The first kappa shape index (κ1) is 29.3. The summed E-state index contributed by atoms with van der Waals surface area (Å²) in [5.74, 6) is 0.0613. The van der Waals surface area contributed by atoms with Crippen molar-refractivity contribution in [1.82, 2.24) is 29.3 Å². The molecule has 0 aliphatic heterocycles. The Balaban J connectivity index is 1.46. The van der Waals surface area contributed by atoms with Crippen LogP contribution in [0.1, 0.15) is 24.9 Å². The van der Waals surface area contributed by atoms with Gasteiger partial charge in [0.1, 0.15) is 12.3 Å². The van der Waals surface area contributed by atoms with Crippen molar-refractivity contribution in [3.8, 4) is 22.6 Å². The Morgan fingerprint density at radius 1 is 1.05 bits per heavy atom. The molecule has 0 aliphatic rings. The molecule has 0 saturated heterocycles. The predicted octanol–water partition coefficient (Wildman–Crippen LogP) is 6.09. The molecule has 218 valence electrons. The number of benzene rings is 2. The number of carbonyl (C=O) groups is 1. The van der Waals surface area contributed by atoms with Gasteiger partial charge in [0, 0.05) is 40.2 Å². The summed E-state index contributed by atoms with van der Waals surface area (Å²) in [5.41, 5.74) is 2.02. The monoisotopic (exact) mass is 618 g/mol. The van der Waals surface area contributed by atoms with E-state index in [9.17, 15) is 22.8 Å². The van der Waals surface area contributed by atoms with Crippen LogP contribution in [0.5, 0.6) is 5.75 Å². The SMILES string of the molecule is CCC(C(=O)Cc1ccc2nn(CC(F)(F)F)cc2c1)n1cc(OC)c(-c2cc(Cl)ccc2-n2cc(Cl)nn2)cc1=O. The average Bonchev–Trinajstić information content (AvgIpc) is 3.53. The molecule has 5 aromatic rings. The molecule has 0 aliphatic carbocycles. The van der Waals surface area contributed by atoms with Crippen molar-refractivity contribution in [1.29, 1.82) is 0 Å². The Kier molecular flexibility index (Phi) is 8.11. The molecule has 1 atom stereocenters. The van der Waals surface area contributed by atoms with Gasteiger partial charge in [-0.05, 0) is 42.3 Å². The number of hydrogen-bond acceptors (Lipinski definition) is 6. The molecule has 5 rings (SSSR count). The van der Waals surface area contributed by atoms with Crippen LogP contribution in [0.15, 0.2) is 65.8 Å². The van der Waals surface area contributed by atoms with Crippen molar-refractivity contribution < 1.29 is 22.7 Å². The van der Waals surface area contributed by atoms with Gasteiger partial charge in [0.05, 0.1) is 36.7 Å². The molecule has 3 aromatic heterocycles. The highest BCUT2D eigenvalue weighted by atomic mass is 35.5. The molecule has 3 heterocycles. The molecule has 2 aromatic carbocycles. The highest BCUT2D eigenvalue weighted by Gasteiger charge is 2.28. The van der Waals surface area contributed by atoms with E-state index in [1.165, 1.54) is 41.0 Å². The van der Waals surface area contributed by atoms with Gasteiger partial charge in [-0.25, -0.2) is 4.68 Å². The summed E-state index contributed by atoms with van der Waals surface area (Å²) in [7, 11) is 1.45. The molecule has 42 heavy (non-hydrogen) atoms. The number of halogens is 5. The highest BCUT2D eigenvalue weighted by molar-refractivity contribution is 6.31. The summed E-state index contributed by atoms with van der Waals surface area (Å²) in [5, 5.41) is 12.8. The number of alkyl halides is 3. The van der Waals surface area contributed by atoms with Crippen molar-refractivity contribution in [3.05, 3.63) is 87.1 Å². The Morgan fingerprint density at radius 3 is 2.50 bits per heavy atom. The molecule has 0 saturated carbocycles. The quantitative estimate of drug-likeness (QED) is 0.198. The maximum absolute atomic E-state index is 13.4. The number of hydrogen-bond donors (Lipinski definition) is 0. The number of rotatable bonds is 9. The smallest absolute Gasteiger partial charge is 0.408 e. The van der Waals surface area contributed by atoms with Crippen LogP contribution in [0, 0.1) is 0 Å². The number of aromatic nitrogens is 6. The molecular weight excluding hydrogens is 596 g/mol. The van der Waals surface area contributed by atoms with Crippen LogP contribution in [0.4, 0.5) is 13.2 Å². The largest absolute Gasteiger partial charge is 0.495 e. The van der Waals surface area contributed by atoms with Crippen LogP contribution in [0.25, 0.3) is 27.7 Å². The number of nitrogens with zero attached hydrogens (tertiary/aromatic N) is 6. The van der Waals surface area contributed by atoms with Gasteiger partial charge in [-0.15, -0.1) is 5.10 Å². The van der Waals surface area contributed by atoms with Gasteiger partial charge in [0.15, 0.2) is 10.9 Å². The second-order valence-corrected chi connectivity index (χ2v) is 10.4. The molecular formula is C28H23Cl2F3N6O3. The van der Waals surface area contributed by atoms with Crippen LogP contribution in [0.3, 0.4) is 0 Å². The van der Waals surface area contributed by atoms with E-state index >= 15 is 0 Å². The van der Waals surface area contributed by atoms with E-state index in [2.05, 4.69) is 15.4 Å². The molecule has 9 nitrogen and oxygen atoms in total. The Labute approximate surface area is 247 Å². The third-order valence-corrected chi connectivity index (χ3v) is 7.06. The lowest BCUT2D eigenvalue weighted by Crippen LogP contribution is -2.30. The highest BCUT2D eigenvalue weighted by Crippen LogP contribution is 2.35. The van der Waals surface area contributed by atoms with Crippen LogP contribution in [-0.4, -0.2) is 48.4 Å². The van der Waals surface area contributed by atoms with Crippen LogP contribution in [0.2, 0.25) is 10.2 Å². The first-order valence-corrected chi connectivity index (χ1v) is 13.4. The van der Waals surface area contributed by atoms with Crippen molar-refractivity contribution >= 4 is 39.9 Å². The summed E-state index contributed by atoms with van der Waals surface area (Å²) in [6, 6.07) is 10.4. The molecule has 0 fully saturated rings. The van der Waals surface area contributed by atoms with Crippen LogP contribution >= 0.6 is 23.2 Å². The van der Waals surface area contributed by atoms with E-state index in [-0.39, 0.29) is 17.4 Å². The summed E-state index contributed by atoms with van der Waals surface area (Å²) in [6.07, 6.45) is 0.143. The Bertz CT molecular complexity index is 1850. The van der Waals surface area contributed by atoms with Crippen LogP contribution in [-0.2, 0) is 17.8 Å². The first-order chi connectivity index (χ1) is 20.0. The zero-order valence-corrected chi connectivity index (χ0v) is 23.8. The summed E-state index contributed by atoms with van der Waals surface area (Å²) < 4.78 is 47.5. The second-order valence-electron chi connectivity index (χ2n) is 9.55. The normalized spacial score (nSPS) is 12.5. The number of carbonyl (C=O) groups excluding carboxylic acids is 1. The lowest BCUT2D eigenvalue weighted by molar-refractivity contribution is -0.142. The van der Waals surface area contributed by atoms with E-state index in [1.807, 2.05) is 0 Å². The molecule has 0 N–H and O–H groups in total. The Hall–Kier alpha value is -4.16. The molecule has 14 heteroatoms. The molecule has 0 bridgehead atoms. The number of pyridine rings is 1. The maximum Gasteiger partial charge on any atom is 0.408 e. The van der Waals surface area contributed by atoms with Crippen molar-refractivity contribution in [3.63, 3.8) is 0 Å². The van der Waals surface area contributed by atoms with Crippen molar-refractivity contribution in [2.75, 3.05) is 7.11 Å². The second kappa shape index (κ2) is 11.6. The number of fused-ring (bicyclic) bond motifs is 1. The molecule has 0 amide bonds. The fourth-order valence-corrected chi connectivity index (χ4v) is 5.13. The average molecular weight is 619 g/mol. The van der Waals surface area contributed by atoms with E-state index in [4.69, 9.17) is 27.9 Å². The van der Waals surface area contributed by atoms with E-state index < -0.39 is 24.3 Å². The number of ketones is 1. The molecule has 0 spiro atoms. The molecule has 0 radical (unpaired) electrons. The van der Waals surface area contributed by atoms with Gasteiger partial charge >= 0.3 is 6.18 Å². The first-order valence-electron chi connectivity index (χ1n) is 12.7. The number of Topliss-reactive ketones (excluding diaryl/α,β-unsaturated/α-hetero) is 1. The third-order valence-electron chi connectivity index (χ3n) is 6.66. The maximum atomic E-state index is 13.4. The minimum atomic E-state index is -4.41. The summed E-state index contributed by atoms with van der Waals surface area (Å²) >= 11 is 12.2.